The molecule has 0 aliphatic heterocycles. The van der Waals surface area contributed by atoms with Crippen molar-refractivity contribution in [3.05, 3.63) is 70.0 Å². The lowest BCUT2D eigenvalue weighted by atomic mass is 10.1. The maximum atomic E-state index is 12.1. The summed E-state index contributed by atoms with van der Waals surface area (Å²) in [5, 5.41) is 5.33. The molecule has 3 rings (SSSR count). The largest absolute Gasteiger partial charge is 0.272 e. The average molecular weight is 250 g/mol. The zero-order chi connectivity index (χ0) is 13.4. The van der Waals surface area contributed by atoms with Gasteiger partial charge in [0.05, 0.1) is 11.2 Å². The Bertz CT molecular complexity index is 818. The van der Waals surface area contributed by atoms with E-state index in [0.29, 0.717) is 0 Å². The normalized spacial score (nSPS) is 10.8. The van der Waals surface area contributed by atoms with Crippen LogP contribution in [0.5, 0.6) is 0 Å². The van der Waals surface area contributed by atoms with Gasteiger partial charge in [0, 0.05) is 11.5 Å². The molecule has 0 aliphatic rings. The molecular formula is C16H14N2O. The Morgan fingerprint density at radius 3 is 2.53 bits per heavy atom. The van der Waals surface area contributed by atoms with Gasteiger partial charge in [0.1, 0.15) is 0 Å². The molecule has 0 aliphatic carbocycles. The van der Waals surface area contributed by atoms with E-state index in [0.717, 1.165) is 27.7 Å². The number of fused-ring (bicyclic) bond motifs is 1. The van der Waals surface area contributed by atoms with Crippen LogP contribution in [-0.4, -0.2) is 9.78 Å². The van der Waals surface area contributed by atoms with Crippen molar-refractivity contribution in [2.24, 2.45) is 0 Å². The van der Waals surface area contributed by atoms with Crippen molar-refractivity contribution in [2.75, 3.05) is 0 Å². The number of rotatable bonds is 1. The fraction of sp³-hybridized carbons (Fsp3) is 0.125. The van der Waals surface area contributed by atoms with E-state index in [-0.39, 0.29) is 5.56 Å². The number of nitrogens with zero attached hydrogens (tertiary/aromatic N) is 2. The maximum Gasteiger partial charge on any atom is 0.272 e. The van der Waals surface area contributed by atoms with E-state index < -0.39 is 0 Å². The van der Waals surface area contributed by atoms with E-state index in [1.807, 2.05) is 56.3 Å². The van der Waals surface area contributed by atoms with Crippen molar-refractivity contribution in [2.45, 2.75) is 13.8 Å². The lowest BCUT2D eigenvalue weighted by Crippen LogP contribution is -2.20. The van der Waals surface area contributed by atoms with Gasteiger partial charge in [0.25, 0.3) is 5.56 Å². The summed E-state index contributed by atoms with van der Waals surface area (Å²) in [6, 6.07) is 15.3. The van der Waals surface area contributed by atoms with Crippen LogP contribution in [0, 0.1) is 13.8 Å². The zero-order valence-corrected chi connectivity index (χ0v) is 10.9. The van der Waals surface area contributed by atoms with Crippen molar-refractivity contribution < 1.29 is 0 Å². The molecule has 0 amide bonds. The third-order valence-corrected chi connectivity index (χ3v) is 3.13. The van der Waals surface area contributed by atoms with Crippen LogP contribution in [0.2, 0.25) is 0 Å². The minimum Gasteiger partial charge on any atom is -0.267 e. The molecular weight excluding hydrogens is 236 g/mol. The highest BCUT2D eigenvalue weighted by atomic mass is 16.1. The first-order valence-electron chi connectivity index (χ1n) is 6.21. The van der Waals surface area contributed by atoms with Crippen LogP contribution >= 0.6 is 0 Å². The highest BCUT2D eigenvalue weighted by Crippen LogP contribution is 2.13. The maximum absolute atomic E-state index is 12.1. The van der Waals surface area contributed by atoms with E-state index in [4.69, 9.17) is 0 Å². The van der Waals surface area contributed by atoms with Crippen molar-refractivity contribution in [1.82, 2.24) is 9.78 Å². The summed E-state index contributed by atoms with van der Waals surface area (Å²) in [7, 11) is 0. The van der Waals surface area contributed by atoms with Crippen LogP contribution in [0.1, 0.15) is 11.1 Å². The van der Waals surface area contributed by atoms with Crippen LogP contribution < -0.4 is 5.56 Å². The molecule has 0 radical (unpaired) electrons. The molecule has 0 unspecified atom stereocenters. The summed E-state index contributed by atoms with van der Waals surface area (Å²) in [4.78, 5) is 12.1. The molecule has 3 heteroatoms. The molecule has 0 fully saturated rings. The predicted molar refractivity (Wildman–Crippen MR) is 76.8 cm³/mol. The van der Waals surface area contributed by atoms with Crippen LogP contribution in [0.3, 0.4) is 0 Å². The Kier molecular flexibility index (Phi) is 2.67. The Hall–Kier alpha value is -2.42. The van der Waals surface area contributed by atoms with Crippen molar-refractivity contribution >= 4 is 10.9 Å². The van der Waals surface area contributed by atoms with Gasteiger partial charge in [-0.2, -0.15) is 9.78 Å². The summed E-state index contributed by atoms with van der Waals surface area (Å²) < 4.78 is 1.45. The molecule has 0 saturated carbocycles. The molecule has 2 aromatic carbocycles. The number of aryl methyl sites for hydroxylation is 2. The van der Waals surface area contributed by atoms with Gasteiger partial charge in [-0.3, -0.25) is 4.79 Å². The molecule has 0 N–H and O–H groups in total. The first-order valence-corrected chi connectivity index (χ1v) is 6.21. The third kappa shape index (κ3) is 2.15. The van der Waals surface area contributed by atoms with Crippen LogP contribution in [0.15, 0.2) is 53.3 Å². The minimum atomic E-state index is -0.109. The predicted octanol–water partition coefficient (Wildman–Crippen LogP) is 3.00. The summed E-state index contributed by atoms with van der Waals surface area (Å²) in [6.45, 7) is 4.02. The second-order valence-corrected chi connectivity index (χ2v) is 4.80. The summed E-state index contributed by atoms with van der Waals surface area (Å²) in [6.07, 6.45) is 0. The molecule has 1 heterocycles. The Balaban J connectivity index is 2.29. The zero-order valence-electron chi connectivity index (χ0n) is 10.9. The Morgan fingerprint density at radius 1 is 0.947 bits per heavy atom. The number of hydrogen-bond acceptors (Lipinski definition) is 2. The summed E-state index contributed by atoms with van der Waals surface area (Å²) in [5.74, 6) is 0. The standard InChI is InChI=1S/C16H14N2O/c1-11-4-3-5-14(8-11)18-16(19)10-13-7-6-12(2)9-15(13)17-18/h3-10H,1-2H3. The molecule has 94 valence electrons. The van der Waals surface area contributed by atoms with E-state index in [1.54, 1.807) is 6.07 Å². The highest BCUT2D eigenvalue weighted by molar-refractivity contribution is 5.78. The van der Waals surface area contributed by atoms with Crippen molar-refractivity contribution in [3.8, 4) is 5.69 Å². The SMILES string of the molecule is Cc1cccc(-n2nc3cc(C)ccc3cc2=O)c1. The molecule has 3 nitrogen and oxygen atoms in total. The van der Waals surface area contributed by atoms with E-state index in [9.17, 15) is 4.79 Å². The topological polar surface area (TPSA) is 34.9 Å². The fourth-order valence-corrected chi connectivity index (χ4v) is 2.16. The number of benzene rings is 2. The minimum absolute atomic E-state index is 0.109. The third-order valence-electron chi connectivity index (χ3n) is 3.13. The van der Waals surface area contributed by atoms with Gasteiger partial charge in [-0.25, -0.2) is 0 Å². The van der Waals surface area contributed by atoms with Crippen LogP contribution in [0.25, 0.3) is 16.6 Å². The second kappa shape index (κ2) is 4.35. The van der Waals surface area contributed by atoms with Crippen LogP contribution in [-0.2, 0) is 0 Å². The average Bonchev–Trinajstić information content (AvgIpc) is 2.38. The summed E-state index contributed by atoms with van der Waals surface area (Å²) in [5.41, 5.74) is 3.77. The lowest BCUT2D eigenvalue weighted by molar-refractivity contribution is 0.830. The number of hydrogen-bond donors (Lipinski definition) is 0. The Morgan fingerprint density at radius 2 is 1.74 bits per heavy atom. The molecule has 0 saturated heterocycles. The van der Waals surface area contributed by atoms with E-state index in [1.165, 1.54) is 4.68 Å². The van der Waals surface area contributed by atoms with Gasteiger partial charge < -0.3 is 0 Å². The summed E-state index contributed by atoms with van der Waals surface area (Å²) >= 11 is 0. The van der Waals surface area contributed by atoms with Gasteiger partial charge >= 0.3 is 0 Å². The van der Waals surface area contributed by atoms with Gasteiger partial charge in [0.15, 0.2) is 0 Å². The van der Waals surface area contributed by atoms with Gasteiger partial charge in [-0.1, -0.05) is 24.3 Å². The molecule has 0 spiro atoms. The molecule has 0 atom stereocenters. The highest BCUT2D eigenvalue weighted by Gasteiger charge is 2.04. The van der Waals surface area contributed by atoms with Gasteiger partial charge in [0.2, 0.25) is 0 Å². The molecule has 0 bridgehead atoms. The smallest absolute Gasteiger partial charge is 0.267 e. The van der Waals surface area contributed by atoms with Crippen LogP contribution in [0.4, 0.5) is 0 Å². The van der Waals surface area contributed by atoms with Gasteiger partial charge in [-0.05, 0) is 43.2 Å². The lowest BCUT2D eigenvalue weighted by Gasteiger charge is -2.07. The van der Waals surface area contributed by atoms with E-state index >= 15 is 0 Å². The van der Waals surface area contributed by atoms with Gasteiger partial charge in [-0.15, -0.1) is 0 Å². The first kappa shape index (κ1) is 11.7. The first-order chi connectivity index (χ1) is 9.13. The Labute approximate surface area is 111 Å². The number of aromatic nitrogens is 2. The quantitative estimate of drug-likeness (QED) is 0.665. The van der Waals surface area contributed by atoms with Crippen molar-refractivity contribution in [3.63, 3.8) is 0 Å². The molecule has 19 heavy (non-hydrogen) atoms. The monoisotopic (exact) mass is 250 g/mol. The molecule has 3 aromatic rings. The second-order valence-electron chi connectivity index (χ2n) is 4.80. The van der Waals surface area contributed by atoms with Crippen molar-refractivity contribution in [1.29, 1.82) is 0 Å². The molecule has 1 aromatic heterocycles. The van der Waals surface area contributed by atoms with E-state index in [2.05, 4.69) is 5.10 Å². The fourth-order valence-electron chi connectivity index (χ4n) is 2.16.